The van der Waals surface area contributed by atoms with Crippen LogP contribution in [-0.2, 0) is 0 Å². The van der Waals surface area contributed by atoms with Crippen LogP contribution < -0.4 is 5.73 Å². The van der Waals surface area contributed by atoms with E-state index < -0.39 is 0 Å². The van der Waals surface area contributed by atoms with Crippen LogP contribution in [0.15, 0.2) is 12.7 Å². The Morgan fingerprint density at radius 3 is 2.67 bits per heavy atom. The van der Waals surface area contributed by atoms with Crippen molar-refractivity contribution < 1.29 is 0 Å². The Morgan fingerprint density at radius 1 is 1.56 bits per heavy atom. The van der Waals surface area contributed by atoms with Crippen LogP contribution in [-0.4, -0.2) is 6.04 Å². The summed E-state index contributed by atoms with van der Waals surface area (Å²) in [7, 11) is 0. The Morgan fingerprint density at radius 2 is 2.22 bits per heavy atom. The molecule has 0 aliphatic rings. The molecule has 0 amide bonds. The van der Waals surface area contributed by atoms with Crippen molar-refractivity contribution >= 4 is 0 Å². The van der Waals surface area contributed by atoms with Gasteiger partial charge < -0.3 is 5.73 Å². The zero-order valence-corrected chi connectivity index (χ0v) is 6.27. The van der Waals surface area contributed by atoms with Crippen molar-refractivity contribution in [2.75, 3.05) is 0 Å². The van der Waals surface area contributed by atoms with Gasteiger partial charge in [-0.2, -0.15) is 0 Å². The zero-order chi connectivity index (χ0) is 7.11. The van der Waals surface area contributed by atoms with Gasteiger partial charge in [-0.15, -0.1) is 6.58 Å². The van der Waals surface area contributed by atoms with Crippen LogP contribution in [0.25, 0.3) is 0 Å². The predicted octanol–water partition coefficient (Wildman–Crippen LogP) is 2.08. The minimum atomic E-state index is 0.370. The van der Waals surface area contributed by atoms with E-state index in [1.807, 2.05) is 13.0 Å². The third-order valence-corrected chi connectivity index (χ3v) is 1.32. The van der Waals surface area contributed by atoms with Crippen molar-refractivity contribution in [1.82, 2.24) is 0 Å². The highest BCUT2D eigenvalue weighted by molar-refractivity contribution is 4.66. The van der Waals surface area contributed by atoms with E-state index in [2.05, 4.69) is 6.58 Å². The van der Waals surface area contributed by atoms with Crippen molar-refractivity contribution in [3.63, 3.8) is 0 Å². The first-order valence-corrected chi connectivity index (χ1v) is 3.64. The molecule has 0 rings (SSSR count). The van der Waals surface area contributed by atoms with E-state index >= 15 is 0 Å². The molecule has 0 aromatic carbocycles. The smallest absolute Gasteiger partial charge is 0.00104 e. The van der Waals surface area contributed by atoms with Crippen molar-refractivity contribution in [2.45, 2.75) is 38.6 Å². The molecule has 0 aliphatic carbocycles. The molecular formula is C8H17N. The average Bonchev–Trinajstić information content (AvgIpc) is 1.80. The molecule has 0 saturated carbocycles. The SMILES string of the molecule is C=CCCCC[C@H](C)N. The average molecular weight is 127 g/mol. The van der Waals surface area contributed by atoms with Crippen LogP contribution in [0.4, 0.5) is 0 Å². The van der Waals surface area contributed by atoms with Crippen LogP contribution >= 0.6 is 0 Å². The molecule has 0 fully saturated rings. The molecule has 0 saturated heterocycles. The third-order valence-electron chi connectivity index (χ3n) is 1.32. The summed E-state index contributed by atoms with van der Waals surface area (Å²) in [5.74, 6) is 0. The standard InChI is InChI=1S/C8H17N/c1-3-4-5-6-7-8(2)9/h3,8H,1,4-7,9H2,2H3/t8-/m0/s1. The molecule has 54 valence electrons. The molecule has 0 unspecified atom stereocenters. The molecule has 0 aromatic rings. The molecule has 1 nitrogen and oxygen atoms in total. The molecule has 0 radical (unpaired) electrons. The molecule has 1 atom stereocenters. The molecule has 0 bridgehead atoms. The highest BCUT2D eigenvalue weighted by Gasteiger charge is 1.91. The number of nitrogens with two attached hydrogens (primary N) is 1. The van der Waals surface area contributed by atoms with E-state index in [1.165, 1.54) is 12.8 Å². The fourth-order valence-corrected chi connectivity index (χ4v) is 0.755. The Labute approximate surface area is 57.9 Å². The van der Waals surface area contributed by atoms with Gasteiger partial charge in [0.2, 0.25) is 0 Å². The van der Waals surface area contributed by atoms with E-state index in [4.69, 9.17) is 5.73 Å². The van der Waals surface area contributed by atoms with E-state index in [-0.39, 0.29) is 0 Å². The summed E-state index contributed by atoms with van der Waals surface area (Å²) < 4.78 is 0. The molecule has 0 spiro atoms. The maximum absolute atomic E-state index is 5.55. The number of rotatable bonds is 5. The van der Waals surface area contributed by atoms with Crippen LogP contribution in [0.1, 0.15) is 32.6 Å². The van der Waals surface area contributed by atoms with Gasteiger partial charge in [-0.25, -0.2) is 0 Å². The van der Waals surface area contributed by atoms with Crippen LogP contribution in [0.2, 0.25) is 0 Å². The number of hydrogen-bond donors (Lipinski definition) is 1. The summed E-state index contributed by atoms with van der Waals surface area (Å²) in [6.07, 6.45) is 6.72. The highest BCUT2D eigenvalue weighted by atomic mass is 14.6. The fourth-order valence-electron chi connectivity index (χ4n) is 0.755. The lowest BCUT2D eigenvalue weighted by atomic mass is 10.1. The largest absolute Gasteiger partial charge is 0.328 e. The Bertz CT molecular complexity index is 67.0. The van der Waals surface area contributed by atoms with Crippen LogP contribution in [0.5, 0.6) is 0 Å². The molecule has 2 N–H and O–H groups in total. The first-order chi connectivity index (χ1) is 4.27. The molecular weight excluding hydrogens is 110 g/mol. The molecule has 0 aliphatic heterocycles. The van der Waals surface area contributed by atoms with E-state index in [1.54, 1.807) is 0 Å². The van der Waals surface area contributed by atoms with Gasteiger partial charge in [-0.05, 0) is 26.2 Å². The lowest BCUT2D eigenvalue weighted by Gasteiger charge is -2.01. The predicted molar refractivity (Wildman–Crippen MR) is 42.3 cm³/mol. The summed E-state index contributed by atoms with van der Waals surface area (Å²) >= 11 is 0. The second-order valence-electron chi connectivity index (χ2n) is 2.55. The van der Waals surface area contributed by atoms with Crippen molar-refractivity contribution in [2.24, 2.45) is 5.73 Å². The number of allylic oxidation sites excluding steroid dienone is 1. The van der Waals surface area contributed by atoms with E-state index in [0.29, 0.717) is 6.04 Å². The number of unbranched alkanes of at least 4 members (excludes halogenated alkanes) is 2. The minimum absolute atomic E-state index is 0.370. The third kappa shape index (κ3) is 7.70. The molecule has 1 heteroatoms. The summed E-state index contributed by atoms with van der Waals surface area (Å²) in [6.45, 7) is 5.70. The highest BCUT2D eigenvalue weighted by Crippen LogP contribution is 2.01. The van der Waals surface area contributed by atoms with Gasteiger partial charge in [0.15, 0.2) is 0 Å². The van der Waals surface area contributed by atoms with E-state index in [0.717, 1.165) is 12.8 Å². The Balaban J connectivity index is 2.82. The lowest BCUT2D eigenvalue weighted by Crippen LogP contribution is -2.13. The summed E-state index contributed by atoms with van der Waals surface area (Å²) in [6, 6.07) is 0.370. The fraction of sp³-hybridized carbons (Fsp3) is 0.750. The van der Waals surface area contributed by atoms with Gasteiger partial charge in [0.25, 0.3) is 0 Å². The second kappa shape index (κ2) is 5.83. The maximum Gasteiger partial charge on any atom is 0.00104 e. The Kier molecular flexibility index (Phi) is 5.64. The molecule has 0 aromatic heterocycles. The quantitative estimate of drug-likeness (QED) is 0.444. The molecule has 0 heterocycles. The van der Waals surface area contributed by atoms with Crippen molar-refractivity contribution in [3.8, 4) is 0 Å². The first kappa shape index (κ1) is 8.70. The minimum Gasteiger partial charge on any atom is -0.328 e. The Hall–Kier alpha value is -0.300. The lowest BCUT2D eigenvalue weighted by molar-refractivity contribution is 0.601. The van der Waals surface area contributed by atoms with E-state index in [9.17, 15) is 0 Å². The molecule has 9 heavy (non-hydrogen) atoms. The normalized spacial score (nSPS) is 13.1. The summed E-state index contributed by atoms with van der Waals surface area (Å²) in [5, 5.41) is 0. The van der Waals surface area contributed by atoms with Crippen LogP contribution in [0, 0.1) is 0 Å². The number of hydrogen-bond acceptors (Lipinski definition) is 1. The summed E-state index contributed by atoms with van der Waals surface area (Å²) in [4.78, 5) is 0. The van der Waals surface area contributed by atoms with Gasteiger partial charge in [0.05, 0.1) is 0 Å². The van der Waals surface area contributed by atoms with Gasteiger partial charge in [-0.3, -0.25) is 0 Å². The monoisotopic (exact) mass is 127 g/mol. The van der Waals surface area contributed by atoms with Gasteiger partial charge in [0, 0.05) is 6.04 Å². The van der Waals surface area contributed by atoms with Gasteiger partial charge in [-0.1, -0.05) is 12.5 Å². The van der Waals surface area contributed by atoms with Crippen molar-refractivity contribution in [1.29, 1.82) is 0 Å². The maximum atomic E-state index is 5.55. The second-order valence-corrected chi connectivity index (χ2v) is 2.55. The zero-order valence-electron chi connectivity index (χ0n) is 6.27. The topological polar surface area (TPSA) is 26.0 Å². The van der Waals surface area contributed by atoms with Crippen LogP contribution in [0.3, 0.4) is 0 Å². The summed E-state index contributed by atoms with van der Waals surface area (Å²) in [5.41, 5.74) is 5.55. The first-order valence-electron chi connectivity index (χ1n) is 3.64. The van der Waals surface area contributed by atoms with Gasteiger partial charge in [0.1, 0.15) is 0 Å². The van der Waals surface area contributed by atoms with Crippen molar-refractivity contribution in [3.05, 3.63) is 12.7 Å². The van der Waals surface area contributed by atoms with Gasteiger partial charge >= 0.3 is 0 Å².